The van der Waals surface area contributed by atoms with Crippen LogP contribution in [0.25, 0.3) is 0 Å². The highest BCUT2D eigenvalue weighted by molar-refractivity contribution is 5.89. The first-order valence-electron chi connectivity index (χ1n) is 11.0. The Hall–Kier alpha value is -3.55. The molecule has 1 fully saturated rings. The molecule has 1 N–H and O–H groups in total. The quantitative estimate of drug-likeness (QED) is 0.642. The second-order valence-electron chi connectivity index (χ2n) is 7.95. The number of carbonyl (C=O) groups excluding carboxylic acids is 1. The largest absolute Gasteiger partial charge is 0.497 e. The molecule has 0 spiro atoms. The Morgan fingerprint density at radius 2 is 1.88 bits per heavy atom. The summed E-state index contributed by atoms with van der Waals surface area (Å²) in [5, 5.41) is 7.63. The fourth-order valence-electron chi connectivity index (χ4n) is 4.16. The van der Waals surface area contributed by atoms with Crippen LogP contribution < -0.4 is 15.7 Å². The maximum atomic E-state index is 12.9. The minimum Gasteiger partial charge on any atom is -0.497 e. The van der Waals surface area contributed by atoms with Gasteiger partial charge in [0.25, 0.3) is 0 Å². The monoisotopic (exact) mass is 435 g/mol. The average molecular weight is 436 g/mol. The van der Waals surface area contributed by atoms with E-state index in [1.54, 1.807) is 22.4 Å². The lowest BCUT2D eigenvalue weighted by atomic mass is 9.96. The number of piperidine rings is 1. The first-order chi connectivity index (χ1) is 15.6. The molecule has 0 saturated carbocycles. The summed E-state index contributed by atoms with van der Waals surface area (Å²) in [7, 11) is 1.60. The summed E-state index contributed by atoms with van der Waals surface area (Å²) in [6, 6.07) is 17.1. The second-order valence-corrected chi connectivity index (χ2v) is 7.95. The fourth-order valence-corrected chi connectivity index (χ4v) is 4.16. The normalized spacial score (nSPS) is 14.4. The maximum Gasteiger partial charge on any atom is 0.346 e. The Morgan fingerprint density at radius 1 is 1.12 bits per heavy atom. The number of urea groups is 1. The van der Waals surface area contributed by atoms with Gasteiger partial charge in [-0.3, -0.25) is 4.57 Å². The number of carbonyl (C=O) groups is 1. The molecular weight excluding hydrogens is 406 g/mol. The first-order valence-corrected chi connectivity index (χ1v) is 11.0. The van der Waals surface area contributed by atoms with Gasteiger partial charge in [-0.05, 0) is 37.5 Å². The summed E-state index contributed by atoms with van der Waals surface area (Å²) in [6.07, 6.45) is 1.54. The summed E-state index contributed by atoms with van der Waals surface area (Å²) in [6.45, 7) is 4.24. The molecule has 1 aromatic heterocycles. The Morgan fingerprint density at radius 3 is 2.56 bits per heavy atom. The van der Waals surface area contributed by atoms with E-state index >= 15 is 0 Å². The molecule has 0 radical (unpaired) electrons. The van der Waals surface area contributed by atoms with Crippen molar-refractivity contribution in [2.75, 3.05) is 25.5 Å². The van der Waals surface area contributed by atoms with E-state index in [0.29, 0.717) is 37.6 Å². The highest BCUT2D eigenvalue weighted by Crippen LogP contribution is 2.27. The molecule has 1 aliphatic rings. The Bertz CT molecular complexity index is 1110. The van der Waals surface area contributed by atoms with Gasteiger partial charge < -0.3 is 15.0 Å². The zero-order valence-corrected chi connectivity index (χ0v) is 18.5. The predicted molar refractivity (Wildman–Crippen MR) is 123 cm³/mol. The Balaban J connectivity index is 1.42. The molecule has 0 unspecified atom stereocenters. The number of amides is 2. The second kappa shape index (κ2) is 9.72. The number of rotatable bonds is 6. The molecule has 4 rings (SSSR count). The van der Waals surface area contributed by atoms with Gasteiger partial charge in [0.05, 0.1) is 13.7 Å². The number of likely N-dealkylation sites (tertiary alicyclic amines) is 1. The molecule has 8 heteroatoms. The van der Waals surface area contributed by atoms with Crippen LogP contribution in [0.4, 0.5) is 10.5 Å². The van der Waals surface area contributed by atoms with Gasteiger partial charge in [0.2, 0.25) is 0 Å². The van der Waals surface area contributed by atoms with E-state index in [4.69, 9.17) is 9.84 Å². The molecule has 8 nitrogen and oxygen atoms in total. The molecule has 1 aliphatic heterocycles. The first kappa shape index (κ1) is 21.7. The van der Waals surface area contributed by atoms with Crippen LogP contribution in [0.2, 0.25) is 0 Å². The zero-order chi connectivity index (χ0) is 22.5. The Kier molecular flexibility index (Phi) is 6.58. The van der Waals surface area contributed by atoms with Crippen molar-refractivity contribution in [1.82, 2.24) is 19.2 Å². The van der Waals surface area contributed by atoms with Crippen LogP contribution in [0.3, 0.4) is 0 Å². The SMILES string of the molecule is CCn1c(C2CCN(C(=O)Nc3cccc(OC)c3)CC2)nn(Cc2ccccc2)c1=O. The van der Waals surface area contributed by atoms with Crippen molar-refractivity contribution in [1.29, 1.82) is 0 Å². The minimum absolute atomic E-state index is 0.0791. The smallest absolute Gasteiger partial charge is 0.346 e. The van der Waals surface area contributed by atoms with Gasteiger partial charge in [-0.25, -0.2) is 14.3 Å². The molecule has 1 saturated heterocycles. The summed E-state index contributed by atoms with van der Waals surface area (Å²) >= 11 is 0. The van der Waals surface area contributed by atoms with Crippen molar-refractivity contribution in [3.05, 3.63) is 76.5 Å². The van der Waals surface area contributed by atoms with E-state index in [1.807, 2.05) is 60.4 Å². The third kappa shape index (κ3) is 4.69. The number of anilines is 1. The minimum atomic E-state index is -0.126. The van der Waals surface area contributed by atoms with Gasteiger partial charge >= 0.3 is 11.7 Å². The summed E-state index contributed by atoms with van der Waals surface area (Å²) < 4.78 is 8.53. The van der Waals surface area contributed by atoms with Gasteiger partial charge in [0.1, 0.15) is 11.6 Å². The third-order valence-electron chi connectivity index (χ3n) is 5.91. The van der Waals surface area contributed by atoms with Gasteiger partial charge in [-0.1, -0.05) is 36.4 Å². The summed E-state index contributed by atoms with van der Waals surface area (Å²) in [4.78, 5) is 27.4. The van der Waals surface area contributed by atoms with Crippen molar-refractivity contribution in [3.8, 4) is 5.75 Å². The van der Waals surface area contributed by atoms with Crippen LogP contribution in [0.15, 0.2) is 59.4 Å². The van der Waals surface area contributed by atoms with Crippen molar-refractivity contribution in [2.24, 2.45) is 0 Å². The van der Waals surface area contributed by atoms with Crippen LogP contribution in [-0.2, 0) is 13.1 Å². The number of hydrogen-bond donors (Lipinski definition) is 1. The highest BCUT2D eigenvalue weighted by Gasteiger charge is 2.28. The third-order valence-corrected chi connectivity index (χ3v) is 5.91. The van der Waals surface area contributed by atoms with Gasteiger partial charge in [-0.2, -0.15) is 5.10 Å². The lowest BCUT2D eigenvalue weighted by Gasteiger charge is -2.31. The number of nitrogens with zero attached hydrogens (tertiary/aromatic N) is 4. The van der Waals surface area contributed by atoms with Crippen LogP contribution in [-0.4, -0.2) is 45.5 Å². The molecule has 168 valence electrons. The number of nitrogens with one attached hydrogen (secondary N) is 1. The lowest BCUT2D eigenvalue weighted by molar-refractivity contribution is 0.192. The topological polar surface area (TPSA) is 81.4 Å². The number of aromatic nitrogens is 3. The van der Waals surface area contributed by atoms with E-state index in [9.17, 15) is 9.59 Å². The summed E-state index contributed by atoms with van der Waals surface area (Å²) in [5.41, 5.74) is 1.67. The van der Waals surface area contributed by atoms with Crippen LogP contribution in [0.1, 0.15) is 37.1 Å². The summed E-state index contributed by atoms with van der Waals surface area (Å²) in [5.74, 6) is 1.67. The molecule has 0 atom stereocenters. The average Bonchev–Trinajstić information content (AvgIpc) is 3.14. The standard InChI is InChI=1S/C24H29N5O3/c1-3-28-22(26-29(24(28)31)17-18-8-5-4-6-9-18)19-12-14-27(15-13-19)23(30)25-20-10-7-11-21(16-20)32-2/h4-11,16,19H,3,12-15,17H2,1-2H3,(H,25,30). The van der Waals surface area contributed by atoms with E-state index in [1.165, 1.54) is 0 Å². The lowest BCUT2D eigenvalue weighted by Crippen LogP contribution is -2.41. The van der Waals surface area contributed by atoms with Gasteiger partial charge in [0.15, 0.2) is 0 Å². The zero-order valence-electron chi connectivity index (χ0n) is 18.5. The van der Waals surface area contributed by atoms with Crippen molar-refractivity contribution in [2.45, 2.75) is 38.8 Å². The number of ether oxygens (including phenoxy) is 1. The maximum absolute atomic E-state index is 12.9. The van der Waals surface area contributed by atoms with Crippen LogP contribution in [0, 0.1) is 0 Å². The molecule has 2 heterocycles. The van der Waals surface area contributed by atoms with Gasteiger partial charge in [0, 0.05) is 37.3 Å². The molecule has 32 heavy (non-hydrogen) atoms. The number of hydrogen-bond acceptors (Lipinski definition) is 4. The van der Waals surface area contributed by atoms with Crippen molar-refractivity contribution >= 4 is 11.7 Å². The molecule has 0 bridgehead atoms. The fraction of sp³-hybridized carbons (Fsp3) is 0.375. The Labute approximate surface area is 187 Å². The van der Waals surface area contributed by atoms with Gasteiger partial charge in [-0.15, -0.1) is 0 Å². The van der Waals surface area contributed by atoms with E-state index < -0.39 is 0 Å². The highest BCUT2D eigenvalue weighted by atomic mass is 16.5. The molecule has 3 aromatic rings. The van der Waals surface area contributed by atoms with E-state index in [-0.39, 0.29) is 17.6 Å². The van der Waals surface area contributed by atoms with Crippen molar-refractivity contribution < 1.29 is 9.53 Å². The molecule has 2 amide bonds. The molecule has 0 aliphatic carbocycles. The van der Waals surface area contributed by atoms with E-state index in [0.717, 1.165) is 24.2 Å². The van der Waals surface area contributed by atoms with E-state index in [2.05, 4.69) is 5.32 Å². The van der Waals surface area contributed by atoms with Crippen molar-refractivity contribution in [3.63, 3.8) is 0 Å². The number of benzene rings is 2. The van der Waals surface area contributed by atoms with Crippen LogP contribution >= 0.6 is 0 Å². The molecule has 2 aromatic carbocycles. The van der Waals surface area contributed by atoms with Crippen LogP contribution in [0.5, 0.6) is 5.75 Å². The molecular formula is C24H29N5O3. The number of methoxy groups -OCH3 is 1. The predicted octanol–water partition coefficient (Wildman–Crippen LogP) is 3.53.